The highest BCUT2D eigenvalue weighted by molar-refractivity contribution is 14.0. The van der Waals surface area contributed by atoms with Crippen molar-refractivity contribution in [2.24, 2.45) is 4.99 Å². The molecule has 150 valence electrons. The number of aliphatic imine (C=N–C) groups is 1. The highest BCUT2D eigenvalue weighted by Gasteiger charge is 2.13. The molecule has 0 amide bonds. The minimum absolute atomic E-state index is 0. The molecule has 1 heterocycles. The molecule has 1 aromatic carbocycles. The van der Waals surface area contributed by atoms with Crippen LogP contribution in [-0.2, 0) is 16.3 Å². The molecule has 1 atom stereocenters. The zero-order chi connectivity index (χ0) is 19.0. The first-order valence-corrected chi connectivity index (χ1v) is 11.3. The molecule has 0 saturated carbocycles. The monoisotopic (exact) mass is 521 g/mol. The molecule has 0 bridgehead atoms. The van der Waals surface area contributed by atoms with Gasteiger partial charge in [-0.2, -0.15) is 0 Å². The number of rotatable bonds is 8. The lowest BCUT2D eigenvalue weighted by Gasteiger charge is -2.17. The summed E-state index contributed by atoms with van der Waals surface area (Å²) >= 11 is 1.80. The van der Waals surface area contributed by atoms with Crippen molar-refractivity contribution in [1.29, 1.82) is 0 Å². The van der Waals surface area contributed by atoms with Gasteiger partial charge in [0, 0.05) is 28.8 Å². The van der Waals surface area contributed by atoms with Gasteiger partial charge in [-0.05, 0) is 45.0 Å². The highest BCUT2D eigenvalue weighted by Crippen LogP contribution is 2.16. The first-order chi connectivity index (χ1) is 12.4. The predicted octanol–water partition coefficient (Wildman–Crippen LogP) is 3.63. The molecular formula is C19H28IN3O2S2. The van der Waals surface area contributed by atoms with E-state index in [0.717, 1.165) is 13.0 Å². The van der Waals surface area contributed by atoms with Gasteiger partial charge in [-0.25, -0.2) is 8.42 Å². The molecule has 8 heteroatoms. The number of benzene rings is 1. The Morgan fingerprint density at radius 2 is 1.89 bits per heavy atom. The molecule has 0 aliphatic heterocycles. The first kappa shape index (κ1) is 23.9. The normalized spacial score (nSPS) is 12.9. The number of nitrogens with one attached hydrogen (secondary N) is 2. The summed E-state index contributed by atoms with van der Waals surface area (Å²) in [6.07, 6.45) is 0.908. The Morgan fingerprint density at radius 3 is 2.48 bits per heavy atom. The predicted molar refractivity (Wildman–Crippen MR) is 125 cm³/mol. The van der Waals surface area contributed by atoms with Crippen LogP contribution >= 0.6 is 35.3 Å². The summed E-state index contributed by atoms with van der Waals surface area (Å²) in [6, 6.07) is 13.0. The average Bonchev–Trinajstić information content (AvgIpc) is 3.00. The summed E-state index contributed by atoms with van der Waals surface area (Å²) in [6.45, 7) is 7.14. The molecule has 2 aromatic rings. The topological polar surface area (TPSA) is 70.6 Å². The van der Waals surface area contributed by atoms with Crippen LogP contribution in [0.25, 0.3) is 0 Å². The van der Waals surface area contributed by atoms with Crippen LogP contribution in [0.4, 0.5) is 0 Å². The first-order valence-electron chi connectivity index (χ1n) is 8.78. The molecule has 1 unspecified atom stereocenters. The van der Waals surface area contributed by atoms with Crippen LogP contribution in [0.2, 0.25) is 0 Å². The lowest BCUT2D eigenvalue weighted by molar-refractivity contribution is 0.595. The standard InChI is InChI=1S/C19H27N3O2S2.HI/c1-4-20-19(22-15(2)14-17-11-10-16(3)25-17)21-12-13-26(23,24)18-8-6-5-7-9-18;/h5-11,15H,4,12-14H2,1-3H3,(H2,20,21,22);1H. The van der Waals surface area contributed by atoms with Gasteiger partial charge in [-0.15, -0.1) is 35.3 Å². The van der Waals surface area contributed by atoms with Crippen molar-refractivity contribution in [2.45, 2.75) is 38.1 Å². The lowest BCUT2D eigenvalue weighted by Crippen LogP contribution is -2.43. The van der Waals surface area contributed by atoms with E-state index in [1.807, 2.05) is 6.92 Å². The maximum absolute atomic E-state index is 12.3. The molecule has 0 fully saturated rings. The molecule has 27 heavy (non-hydrogen) atoms. The zero-order valence-electron chi connectivity index (χ0n) is 15.9. The SMILES string of the molecule is CCNC(=NCCS(=O)(=O)c1ccccc1)NC(C)Cc1ccc(C)s1.I. The molecule has 2 N–H and O–H groups in total. The van der Waals surface area contributed by atoms with E-state index in [1.165, 1.54) is 9.75 Å². The van der Waals surface area contributed by atoms with Gasteiger partial charge in [0.25, 0.3) is 0 Å². The van der Waals surface area contributed by atoms with E-state index in [-0.39, 0.29) is 42.3 Å². The second-order valence-corrected chi connectivity index (χ2v) is 9.64. The van der Waals surface area contributed by atoms with Crippen molar-refractivity contribution in [3.05, 3.63) is 52.2 Å². The Labute approximate surface area is 183 Å². The third-order valence-electron chi connectivity index (χ3n) is 3.76. The number of nitrogens with zero attached hydrogens (tertiary/aromatic N) is 1. The molecule has 2 rings (SSSR count). The zero-order valence-corrected chi connectivity index (χ0v) is 19.9. The fraction of sp³-hybridized carbons (Fsp3) is 0.421. The Bertz CT molecular complexity index is 820. The third kappa shape index (κ3) is 8.18. The number of sulfone groups is 1. The van der Waals surface area contributed by atoms with E-state index in [2.05, 4.69) is 41.6 Å². The van der Waals surface area contributed by atoms with Crippen LogP contribution in [0.3, 0.4) is 0 Å². The highest BCUT2D eigenvalue weighted by atomic mass is 127. The van der Waals surface area contributed by atoms with Crippen LogP contribution in [0, 0.1) is 6.92 Å². The summed E-state index contributed by atoms with van der Waals surface area (Å²) in [5.41, 5.74) is 0. The molecule has 1 aromatic heterocycles. The quantitative estimate of drug-likeness (QED) is 0.316. The summed E-state index contributed by atoms with van der Waals surface area (Å²) in [7, 11) is -3.31. The van der Waals surface area contributed by atoms with Crippen molar-refractivity contribution in [3.63, 3.8) is 0 Å². The Kier molecular flexibility index (Phi) is 10.3. The lowest BCUT2D eigenvalue weighted by atomic mass is 10.2. The van der Waals surface area contributed by atoms with E-state index >= 15 is 0 Å². The largest absolute Gasteiger partial charge is 0.357 e. The maximum atomic E-state index is 12.3. The molecule has 5 nitrogen and oxygen atoms in total. The summed E-state index contributed by atoms with van der Waals surface area (Å²) < 4.78 is 24.7. The number of guanidine groups is 1. The van der Waals surface area contributed by atoms with Crippen molar-refractivity contribution in [2.75, 3.05) is 18.8 Å². The number of thiophene rings is 1. The minimum atomic E-state index is -3.31. The van der Waals surface area contributed by atoms with Crippen molar-refractivity contribution >= 4 is 51.1 Å². The number of hydrogen-bond donors (Lipinski definition) is 2. The van der Waals surface area contributed by atoms with E-state index < -0.39 is 9.84 Å². The van der Waals surface area contributed by atoms with Gasteiger partial charge >= 0.3 is 0 Å². The third-order valence-corrected chi connectivity index (χ3v) is 6.50. The second-order valence-electron chi connectivity index (χ2n) is 6.15. The van der Waals surface area contributed by atoms with Crippen LogP contribution in [0.15, 0.2) is 52.4 Å². The average molecular weight is 521 g/mol. The van der Waals surface area contributed by atoms with Gasteiger partial charge in [0.2, 0.25) is 0 Å². The number of hydrogen-bond acceptors (Lipinski definition) is 4. The Hall–Kier alpha value is -1.13. The molecule has 0 aliphatic carbocycles. The Balaban J connectivity index is 0.00000364. The second kappa shape index (κ2) is 11.7. The maximum Gasteiger partial charge on any atom is 0.191 e. The summed E-state index contributed by atoms with van der Waals surface area (Å²) in [4.78, 5) is 7.40. The molecule has 0 saturated heterocycles. The molecule has 0 radical (unpaired) electrons. The van der Waals surface area contributed by atoms with Crippen LogP contribution in [0.5, 0.6) is 0 Å². The van der Waals surface area contributed by atoms with Gasteiger partial charge in [-0.1, -0.05) is 18.2 Å². The van der Waals surface area contributed by atoms with Crippen LogP contribution < -0.4 is 10.6 Å². The summed E-state index contributed by atoms with van der Waals surface area (Å²) in [5.74, 6) is 0.642. The van der Waals surface area contributed by atoms with Crippen molar-refractivity contribution < 1.29 is 8.42 Å². The fourth-order valence-corrected chi connectivity index (χ4v) is 4.68. The van der Waals surface area contributed by atoms with Gasteiger partial charge in [0.15, 0.2) is 15.8 Å². The van der Waals surface area contributed by atoms with Crippen LogP contribution in [0.1, 0.15) is 23.6 Å². The van der Waals surface area contributed by atoms with Crippen molar-refractivity contribution in [1.82, 2.24) is 10.6 Å². The van der Waals surface area contributed by atoms with Gasteiger partial charge in [0.1, 0.15) is 0 Å². The van der Waals surface area contributed by atoms with E-state index in [9.17, 15) is 8.42 Å². The Morgan fingerprint density at radius 1 is 1.19 bits per heavy atom. The van der Waals surface area contributed by atoms with E-state index in [0.29, 0.717) is 10.9 Å². The van der Waals surface area contributed by atoms with Gasteiger partial charge in [0.05, 0.1) is 17.2 Å². The smallest absolute Gasteiger partial charge is 0.191 e. The molecule has 0 aliphatic rings. The number of aryl methyl sites for hydroxylation is 1. The summed E-state index contributed by atoms with van der Waals surface area (Å²) in [5, 5.41) is 6.53. The van der Waals surface area contributed by atoms with E-state index in [1.54, 1.807) is 41.7 Å². The van der Waals surface area contributed by atoms with Gasteiger partial charge < -0.3 is 10.6 Å². The van der Waals surface area contributed by atoms with E-state index in [4.69, 9.17) is 0 Å². The fourth-order valence-electron chi connectivity index (χ4n) is 2.52. The molecule has 0 spiro atoms. The minimum Gasteiger partial charge on any atom is -0.357 e. The van der Waals surface area contributed by atoms with Crippen LogP contribution in [-0.4, -0.2) is 39.3 Å². The molecular weight excluding hydrogens is 493 g/mol. The number of halogens is 1. The van der Waals surface area contributed by atoms with Crippen molar-refractivity contribution in [3.8, 4) is 0 Å². The van der Waals surface area contributed by atoms with Gasteiger partial charge in [-0.3, -0.25) is 4.99 Å².